The Morgan fingerprint density at radius 3 is 1.29 bits per heavy atom. The molecule has 0 fully saturated rings. The number of unbranched alkanes of at least 4 members (excludes halogenated alkanes) is 22. The maximum absolute atomic E-state index is 10.5. The van der Waals surface area contributed by atoms with E-state index in [1.165, 1.54) is 140 Å². The standard InChI is InChI=1S/C46H72N2O4/c49-41-52-38-30-26-22-18-14-10-6-2-4-8-12-16-20-24-28-32-43-35-37-48-45(40-43)44-39-42(34-36-47-44)31-27-23-19-15-11-7-3-1-5-9-13-17-21-25-29-33-46(50)51/h1-2,5-6,34-37,39-41H,3-4,7-33,38H2,(H,50,51)/b5-1-,6-2+. The first-order valence-corrected chi connectivity index (χ1v) is 21.2. The molecule has 2 heterocycles. The summed E-state index contributed by atoms with van der Waals surface area (Å²) < 4.78 is 4.72. The molecule has 0 aliphatic rings. The lowest BCUT2D eigenvalue weighted by Gasteiger charge is -2.07. The van der Waals surface area contributed by atoms with Crippen LogP contribution in [0.4, 0.5) is 0 Å². The van der Waals surface area contributed by atoms with Crippen LogP contribution in [0.5, 0.6) is 0 Å². The number of pyridine rings is 2. The molecule has 0 bridgehead atoms. The summed E-state index contributed by atoms with van der Waals surface area (Å²) in [6.45, 7) is 1.10. The number of carbonyl (C=O) groups is 2. The number of rotatable bonds is 36. The van der Waals surface area contributed by atoms with Crippen molar-refractivity contribution in [2.75, 3.05) is 6.61 Å². The van der Waals surface area contributed by atoms with Crippen LogP contribution < -0.4 is 0 Å². The fourth-order valence-corrected chi connectivity index (χ4v) is 6.70. The van der Waals surface area contributed by atoms with Gasteiger partial charge in [0.15, 0.2) is 0 Å². The normalized spacial score (nSPS) is 11.5. The highest BCUT2D eigenvalue weighted by molar-refractivity contribution is 5.66. The van der Waals surface area contributed by atoms with Crippen molar-refractivity contribution in [2.24, 2.45) is 0 Å². The van der Waals surface area contributed by atoms with Crippen LogP contribution in [0.15, 0.2) is 61.0 Å². The Hall–Kier alpha value is -3.28. The van der Waals surface area contributed by atoms with Gasteiger partial charge in [0.1, 0.15) is 0 Å². The van der Waals surface area contributed by atoms with Gasteiger partial charge in [-0.05, 0) is 125 Å². The summed E-state index contributed by atoms with van der Waals surface area (Å²) in [6.07, 6.45) is 47.5. The second kappa shape index (κ2) is 33.5. The molecule has 0 unspecified atom stereocenters. The molecule has 0 saturated heterocycles. The van der Waals surface area contributed by atoms with Gasteiger partial charge in [-0.1, -0.05) is 114 Å². The number of ether oxygens (including phenoxy) is 1. The second-order valence-corrected chi connectivity index (χ2v) is 14.6. The van der Waals surface area contributed by atoms with Gasteiger partial charge in [0.2, 0.25) is 0 Å². The molecule has 0 radical (unpaired) electrons. The fraction of sp³-hybridized carbons (Fsp3) is 0.652. The van der Waals surface area contributed by atoms with Crippen molar-refractivity contribution in [3.8, 4) is 11.4 Å². The highest BCUT2D eigenvalue weighted by atomic mass is 16.5. The number of carbonyl (C=O) groups excluding carboxylic acids is 1. The lowest BCUT2D eigenvalue weighted by molar-refractivity contribution is -0.137. The Kier molecular flexibility index (Phi) is 29.0. The Morgan fingerprint density at radius 1 is 0.519 bits per heavy atom. The number of allylic oxidation sites excluding steroid dienone is 4. The van der Waals surface area contributed by atoms with Crippen LogP contribution >= 0.6 is 0 Å². The van der Waals surface area contributed by atoms with Gasteiger partial charge in [-0.25, -0.2) is 0 Å². The summed E-state index contributed by atoms with van der Waals surface area (Å²) in [7, 11) is 0. The number of nitrogens with zero attached hydrogens (tertiary/aromatic N) is 2. The van der Waals surface area contributed by atoms with Crippen LogP contribution in [0.2, 0.25) is 0 Å². The van der Waals surface area contributed by atoms with Crippen molar-refractivity contribution < 1.29 is 19.4 Å². The summed E-state index contributed by atoms with van der Waals surface area (Å²) in [6, 6.07) is 8.81. The molecule has 2 aromatic rings. The second-order valence-electron chi connectivity index (χ2n) is 14.6. The van der Waals surface area contributed by atoms with E-state index >= 15 is 0 Å². The summed E-state index contributed by atoms with van der Waals surface area (Å²) in [4.78, 5) is 30.0. The van der Waals surface area contributed by atoms with E-state index in [4.69, 9.17) is 9.84 Å². The van der Waals surface area contributed by atoms with E-state index in [2.05, 4.69) is 58.5 Å². The molecule has 290 valence electrons. The number of hydrogen-bond donors (Lipinski definition) is 1. The third-order valence-corrected chi connectivity index (χ3v) is 9.88. The molecule has 0 amide bonds. The van der Waals surface area contributed by atoms with Crippen LogP contribution in [0.1, 0.15) is 184 Å². The van der Waals surface area contributed by atoms with Crippen LogP contribution in [0.25, 0.3) is 11.4 Å². The van der Waals surface area contributed by atoms with Crippen molar-refractivity contribution >= 4 is 12.4 Å². The number of aromatic nitrogens is 2. The molecular formula is C46H72N2O4. The number of carboxylic acids is 1. The molecule has 0 atom stereocenters. The monoisotopic (exact) mass is 717 g/mol. The third-order valence-electron chi connectivity index (χ3n) is 9.88. The predicted octanol–water partition coefficient (Wildman–Crippen LogP) is 13.1. The lowest BCUT2D eigenvalue weighted by atomic mass is 10.0. The smallest absolute Gasteiger partial charge is 0.303 e. The Bertz CT molecular complexity index is 1210. The van der Waals surface area contributed by atoms with Gasteiger partial charge in [0.05, 0.1) is 18.0 Å². The summed E-state index contributed by atoms with van der Waals surface area (Å²) >= 11 is 0. The van der Waals surface area contributed by atoms with E-state index in [9.17, 15) is 9.59 Å². The summed E-state index contributed by atoms with van der Waals surface area (Å²) in [5, 5.41) is 8.67. The highest BCUT2D eigenvalue weighted by Gasteiger charge is 2.05. The molecule has 6 nitrogen and oxygen atoms in total. The van der Waals surface area contributed by atoms with E-state index in [0.717, 1.165) is 62.8 Å². The van der Waals surface area contributed by atoms with Crippen molar-refractivity contribution in [2.45, 2.75) is 186 Å². The predicted molar refractivity (Wildman–Crippen MR) is 217 cm³/mol. The molecule has 0 aliphatic carbocycles. The Labute approximate surface area is 317 Å². The molecule has 6 heteroatoms. The van der Waals surface area contributed by atoms with Crippen molar-refractivity contribution in [3.63, 3.8) is 0 Å². The zero-order chi connectivity index (χ0) is 37.0. The minimum absolute atomic E-state index is 0.313. The average Bonchev–Trinajstić information content (AvgIpc) is 3.15. The first-order chi connectivity index (χ1) is 25.7. The Balaban J connectivity index is 1.45. The molecule has 0 saturated carbocycles. The molecule has 2 aromatic heterocycles. The number of hydrogen-bond acceptors (Lipinski definition) is 5. The van der Waals surface area contributed by atoms with Crippen molar-refractivity contribution in [3.05, 3.63) is 72.1 Å². The van der Waals surface area contributed by atoms with Gasteiger partial charge < -0.3 is 9.84 Å². The molecule has 1 N–H and O–H groups in total. The van der Waals surface area contributed by atoms with Crippen molar-refractivity contribution in [1.82, 2.24) is 9.97 Å². The molecule has 0 spiro atoms. The molecule has 0 aliphatic heterocycles. The maximum atomic E-state index is 10.5. The average molecular weight is 717 g/mol. The van der Waals surface area contributed by atoms with Gasteiger partial charge in [-0.2, -0.15) is 0 Å². The van der Waals surface area contributed by atoms with E-state index in [0.29, 0.717) is 19.5 Å². The first kappa shape index (κ1) is 44.9. The van der Waals surface area contributed by atoms with E-state index in [1.54, 1.807) is 0 Å². The quantitative estimate of drug-likeness (QED) is 0.0429. The minimum Gasteiger partial charge on any atom is -0.481 e. The molecule has 2 rings (SSSR count). The van der Waals surface area contributed by atoms with Crippen LogP contribution in [0.3, 0.4) is 0 Å². The zero-order valence-corrected chi connectivity index (χ0v) is 32.6. The van der Waals surface area contributed by atoms with Gasteiger partial charge in [-0.3, -0.25) is 19.6 Å². The largest absolute Gasteiger partial charge is 0.481 e. The van der Waals surface area contributed by atoms with Crippen molar-refractivity contribution in [1.29, 1.82) is 0 Å². The molecular weight excluding hydrogens is 645 g/mol. The zero-order valence-electron chi connectivity index (χ0n) is 32.6. The fourth-order valence-electron chi connectivity index (χ4n) is 6.70. The maximum Gasteiger partial charge on any atom is 0.303 e. The van der Waals surface area contributed by atoms with Gasteiger partial charge in [0, 0.05) is 18.8 Å². The third kappa shape index (κ3) is 26.5. The summed E-state index contributed by atoms with van der Waals surface area (Å²) in [5.74, 6) is -0.674. The number of aryl methyl sites for hydroxylation is 2. The first-order valence-electron chi connectivity index (χ1n) is 21.2. The SMILES string of the molecule is O=COCCCCCCC/C=C/CCCCCCCCc1ccnc(-c2cc(CCCCCCCC/C=C\CCCCCCCC(=O)O)ccn2)c1. The highest BCUT2D eigenvalue weighted by Crippen LogP contribution is 2.20. The topological polar surface area (TPSA) is 89.4 Å². The lowest BCUT2D eigenvalue weighted by Crippen LogP contribution is -1.94. The Morgan fingerprint density at radius 2 is 0.885 bits per heavy atom. The van der Waals surface area contributed by atoms with Gasteiger partial charge in [0.25, 0.3) is 6.47 Å². The van der Waals surface area contributed by atoms with E-state index in [-0.39, 0.29) is 0 Å². The van der Waals surface area contributed by atoms with E-state index < -0.39 is 5.97 Å². The van der Waals surface area contributed by atoms with Crippen LogP contribution in [0, 0.1) is 0 Å². The number of aliphatic carboxylic acids is 1. The van der Waals surface area contributed by atoms with E-state index in [1.807, 2.05) is 12.4 Å². The van der Waals surface area contributed by atoms with Gasteiger partial charge in [-0.15, -0.1) is 0 Å². The molecule has 52 heavy (non-hydrogen) atoms. The summed E-state index contributed by atoms with van der Waals surface area (Å²) in [5.41, 5.74) is 4.72. The molecule has 0 aromatic carbocycles. The minimum atomic E-state index is -0.674. The van der Waals surface area contributed by atoms with Gasteiger partial charge >= 0.3 is 5.97 Å². The number of carboxylic acid groups (broad SMARTS) is 1. The van der Waals surface area contributed by atoms with Crippen LogP contribution in [-0.4, -0.2) is 34.1 Å². The van der Waals surface area contributed by atoms with Crippen LogP contribution in [-0.2, 0) is 27.2 Å².